The van der Waals surface area contributed by atoms with E-state index in [0.717, 1.165) is 0 Å². The first-order valence-electron chi connectivity index (χ1n) is 11.5. The predicted octanol–water partition coefficient (Wildman–Crippen LogP) is 6.16. The van der Waals surface area contributed by atoms with Crippen molar-refractivity contribution in [2.45, 2.75) is 19.4 Å². The number of amides is 1. The van der Waals surface area contributed by atoms with Gasteiger partial charge in [0.2, 0.25) is 0 Å². The summed E-state index contributed by atoms with van der Waals surface area (Å²) in [5, 5.41) is 20.9. The molecule has 192 valence electrons. The van der Waals surface area contributed by atoms with Crippen molar-refractivity contribution in [3.05, 3.63) is 94.1 Å². The lowest BCUT2D eigenvalue weighted by molar-refractivity contribution is -0.120. The summed E-state index contributed by atoms with van der Waals surface area (Å²) in [5.74, 6) is -1.91. The summed E-state index contributed by atoms with van der Waals surface area (Å²) in [4.78, 5) is 28.1. The number of aromatic carboxylic acids is 1. The lowest BCUT2D eigenvalue weighted by Crippen LogP contribution is -2.45. The first-order chi connectivity index (χ1) is 18.1. The lowest BCUT2D eigenvalue weighted by Gasteiger charge is -2.31. The summed E-state index contributed by atoms with van der Waals surface area (Å²) in [6, 6.07) is 17.6. The Balaban J connectivity index is 1.63. The first kappa shape index (κ1) is 25.7. The van der Waals surface area contributed by atoms with Gasteiger partial charge in [-0.15, -0.1) is 0 Å². The van der Waals surface area contributed by atoms with Crippen LogP contribution in [0.4, 0.5) is 15.8 Å². The molecule has 10 heteroatoms. The van der Waals surface area contributed by atoms with Gasteiger partial charge in [0.1, 0.15) is 17.4 Å². The topological polar surface area (TPSA) is 93.9 Å². The van der Waals surface area contributed by atoms with Crippen molar-refractivity contribution >= 4 is 50.7 Å². The molecule has 1 saturated heterocycles. The molecule has 0 aromatic heterocycles. The van der Waals surface area contributed by atoms with Gasteiger partial charge in [0, 0.05) is 10.8 Å². The van der Waals surface area contributed by atoms with Crippen LogP contribution in [0.2, 0.25) is 5.02 Å². The standard InChI is InChI=1S/C28H21ClFN3O4S/c1-28(2)26(36)32(21-10-8-20(16-31)22(29)15-21)27(38-13-3-12-37-38)33(28)24-11-9-19(14-23(24)30)17-4-6-18(7-5-17)25(34)35/h3-11,13-15H,12H2,1-2H3,(H,34,35). The number of hydrogen-bond donors (Lipinski definition) is 1. The molecule has 2 aliphatic rings. The minimum absolute atomic E-state index is 0.135. The van der Waals surface area contributed by atoms with E-state index >= 15 is 4.39 Å². The van der Waals surface area contributed by atoms with Gasteiger partial charge in [-0.3, -0.25) is 9.69 Å². The van der Waals surface area contributed by atoms with Crippen molar-refractivity contribution in [1.29, 1.82) is 5.26 Å². The summed E-state index contributed by atoms with van der Waals surface area (Å²) < 4.78 is 21.7. The highest BCUT2D eigenvalue weighted by atomic mass is 35.5. The zero-order valence-electron chi connectivity index (χ0n) is 20.3. The summed E-state index contributed by atoms with van der Waals surface area (Å²) in [6.07, 6.45) is 1.84. The van der Waals surface area contributed by atoms with E-state index in [0.29, 0.717) is 28.5 Å². The SMILES string of the molecule is CC1(C)C(=O)N(c2ccc(C#N)c(Cl)c2)C(=S2C=CCO2)N1c1ccc(-c2ccc(C(=O)O)cc2)cc1F. The van der Waals surface area contributed by atoms with Gasteiger partial charge < -0.3 is 14.2 Å². The number of benzene rings is 3. The third kappa shape index (κ3) is 4.27. The monoisotopic (exact) mass is 549 g/mol. The number of carboxylic acids is 1. The number of rotatable bonds is 4. The van der Waals surface area contributed by atoms with Crippen molar-refractivity contribution in [2.75, 3.05) is 16.4 Å². The Morgan fingerprint density at radius 1 is 1.13 bits per heavy atom. The van der Waals surface area contributed by atoms with Gasteiger partial charge in [0.25, 0.3) is 5.91 Å². The van der Waals surface area contributed by atoms with E-state index in [1.54, 1.807) is 55.1 Å². The Bertz CT molecular complexity index is 1590. The Morgan fingerprint density at radius 2 is 1.84 bits per heavy atom. The third-order valence-electron chi connectivity index (χ3n) is 6.34. The maximum absolute atomic E-state index is 15.8. The van der Waals surface area contributed by atoms with Crippen molar-refractivity contribution in [3.8, 4) is 17.2 Å². The van der Waals surface area contributed by atoms with Crippen LogP contribution < -0.4 is 9.80 Å². The molecule has 7 nitrogen and oxygen atoms in total. The molecule has 1 fully saturated rings. The number of hydrogen-bond acceptors (Lipinski definition) is 4. The maximum atomic E-state index is 15.8. The molecule has 38 heavy (non-hydrogen) atoms. The van der Waals surface area contributed by atoms with Gasteiger partial charge in [0.05, 0.1) is 34.1 Å². The molecule has 1 amide bonds. The average molecular weight is 550 g/mol. The molecule has 0 saturated carbocycles. The summed E-state index contributed by atoms with van der Waals surface area (Å²) in [7, 11) is -0.965. The molecule has 0 radical (unpaired) electrons. The van der Waals surface area contributed by atoms with Gasteiger partial charge in [0.15, 0.2) is 5.11 Å². The van der Waals surface area contributed by atoms with Crippen molar-refractivity contribution < 1.29 is 23.3 Å². The van der Waals surface area contributed by atoms with E-state index < -0.39 is 28.1 Å². The van der Waals surface area contributed by atoms with Gasteiger partial charge >= 0.3 is 5.97 Å². The fraction of sp³-hybridized carbons (Fsp3) is 0.143. The van der Waals surface area contributed by atoms with E-state index in [1.165, 1.54) is 29.2 Å². The molecular weight excluding hydrogens is 529 g/mol. The van der Waals surface area contributed by atoms with Crippen LogP contribution in [0.5, 0.6) is 0 Å². The van der Waals surface area contributed by atoms with Crippen LogP contribution in [-0.2, 0) is 8.98 Å². The number of nitrogens with zero attached hydrogens (tertiary/aromatic N) is 3. The molecule has 0 aliphatic carbocycles. The van der Waals surface area contributed by atoms with E-state index in [1.807, 2.05) is 17.6 Å². The molecule has 1 N–H and O–H groups in total. The number of carbonyl (C=O) groups excluding carboxylic acids is 1. The molecule has 5 rings (SSSR count). The predicted molar refractivity (Wildman–Crippen MR) is 147 cm³/mol. The molecule has 3 aromatic carbocycles. The van der Waals surface area contributed by atoms with Gasteiger partial charge in [-0.2, -0.15) is 5.26 Å². The molecule has 1 atom stereocenters. The first-order valence-corrected chi connectivity index (χ1v) is 13.1. The number of anilines is 2. The number of halogens is 2. The van der Waals surface area contributed by atoms with Crippen LogP contribution in [0.25, 0.3) is 11.1 Å². The van der Waals surface area contributed by atoms with Gasteiger partial charge in [-0.25, -0.2) is 9.18 Å². The Hall–Kier alpha value is -3.97. The fourth-order valence-corrected chi connectivity index (χ4v) is 6.28. The minimum Gasteiger partial charge on any atom is -0.478 e. The summed E-state index contributed by atoms with van der Waals surface area (Å²) in [6.45, 7) is 3.77. The molecular formula is C28H21ClFN3O4S. The van der Waals surface area contributed by atoms with Gasteiger partial charge in [-0.1, -0.05) is 29.8 Å². The highest BCUT2D eigenvalue weighted by Gasteiger charge is 2.52. The Labute approximate surface area is 226 Å². The molecule has 1 unspecified atom stereocenters. The second kappa shape index (κ2) is 9.72. The quantitative estimate of drug-likeness (QED) is 0.392. The van der Waals surface area contributed by atoms with E-state index in [-0.39, 0.29) is 27.7 Å². The van der Waals surface area contributed by atoms with Crippen LogP contribution in [0.1, 0.15) is 29.8 Å². The van der Waals surface area contributed by atoms with E-state index in [2.05, 4.69) is 0 Å². The number of carbonyl (C=O) groups is 2. The molecule has 2 aliphatic heterocycles. The van der Waals surface area contributed by atoms with Crippen molar-refractivity contribution in [2.24, 2.45) is 0 Å². The maximum Gasteiger partial charge on any atom is 0.335 e. The lowest BCUT2D eigenvalue weighted by atomic mass is 10.0. The largest absolute Gasteiger partial charge is 0.478 e. The highest BCUT2D eigenvalue weighted by Crippen LogP contribution is 2.43. The van der Waals surface area contributed by atoms with Gasteiger partial charge in [-0.05, 0) is 78.9 Å². The Morgan fingerprint density at radius 3 is 2.42 bits per heavy atom. The summed E-state index contributed by atoms with van der Waals surface area (Å²) in [5.41, 5.74) is 1.06. The molecule has 3 aromatic rings. The zero-order valence-corrected chi connectivity index (χ0v) is 21.9. The van der Waals surface area contributed by atoms with E-state index in [9.17, 15) is 14.9 Å². The van der Waals surface area contributed by atoms with Crippen molar-refractivity contribution in [1.82, 2.24) is 0 Å². The second-order valence-electron chi connectivity index (χ2n) is 9.10. The molecule has 0 spiro atoms. The fourth-order valence-electron chi connectivity index (χ4n) is 4.41. The summed E-state index contributed by atoms with van der Waals surface area (Å²) >= 11 is 6.30. The van der Waals surface area contributed by atoms with E-state index in [4.69, 9.17) is 20.9 Å². The molecule has 0 bridgehead atoms. The smallest absolute Gasteiger partial charge is 0.335 e. The van der Waals surface area contributed by atoms with Crippen LogP contribution >= 0.6 is 22.4 Å². The minimum atomic E-state index is -1.19. The number of nitriles is 1. The van der Waals surface area contributed by atoms with Crippen LogP contribution in [-0.4, -0.2) is 34.2 Å². The Kier molecular flexibility index (Phi) is 6.57. The zero-order chi connectivity index (χ0) is 27.2. The third-order valence-corrected chi connectivity index (χ3v) is 8.21. The normalized spacial score (nSPS) is 19.2. The number of carboxylic acid groups (broad SMARTS) is 1. The van der Waals surface area contributed by atoms with Crippen molar-refractivity contribution in [3.63, 3.8) is 0 Å². The average Bonchev–Trinajstić information content (AvgIpc) is 3.49. The van der Waals surface area contributed by atoms with Crippen LogP contribution in [0.3, 0.4) is 0 Å². The molecule has 2 heterocycles. The highest BCUT2D eigenvalue weighted by molar-refractivity contribution is 8.15. The van der Waals surface area contributed by atoms with Crippen LogP contribution in [0.15, 0.2) is 72.1 Å². The second-order valence-corrected chi connectivity index (χ2v) is 11.0. The van der Waals surface area contributed by atoms with Crippen LogP contribution in [0, 0.1) is 17.1 Å².